The third kappa shape index (κ3) is 2.58. The highest BCUT2D eigenvalue weighted by Crippen LogP contribution is 2.37. The van der Waals surface area contributed by atoms with Crippen molar-refractivity contribution in [1.29, 1.82) is 0 Å². The van der Waals surface area contributed by atoms with Gasteiger partial charge in [0.05, 0.1) is 11.9 Å². The predicted molar refractivity (Wildman–Crippen MR) is 99.7 cm³/mol. The van der Waals surface area contributed by atoms with Crippen LogP contribution in [0, 0.1) is 5.92 Å². The van der Waals surface area contributed by atoms with Crippen molar-refractivity contribution < 1.29 is 0 Å². The first-order valence-corrected chi connectivity index (χ1v) is 8.51. The Morgan fingerprint density at radius 1 is 1.00 bits per heavy atom. The smallest absolute Gasteiger partial charge is 0.112 e. The minimum atomic E-state index is -0.0446. The molecule has 2 heteroatoms. The van der Waals surface area contributed by atoms with Crippen molar-refractivity contribution in [2.45, 2.75) is 25.7 Å². The third-order valence-electron chi connectivity index (χ3n) is 5.20. The van der Waals surface area contributed by atoms with Gasteiger partial charge in [0, 0.05) is 5.41 Å². The number of nitrogens with zero attached hydrogens (tertiary/aromatic N) is 1. The van der Waals surface area contributed by atoms with Gasteiger partial charge < -0.3 is 4.98 Å². The van der Waals surface area contributed by atoms with E-state index in [9.17, 15) is 0 Å². The van der Waals surface area contributed by atoms with Crippen molar-refractivity contribution >= 4 is 6.08 Å². The van der Waals surface area contributed by atoms with Crippen molar-refractivity contribution in [2.75, 3.05) is 0 Å². The second-order valence-corrected chi connectivity index (χ2v) is 7.10. The number of benzene rings is 2. The summed E-state index contributed by atoms with van der Waals surface area (Å²) in [6.45, 7) is 4.56. The third-order valence-corrected chi connectivity index (χ3v) is 5.20. The molecular formula is C22H22N2. The van der Waals surface area contributed by atoms with Gasteiger partial charge in [-0.2, -0.15) is 0 Å². The van der Waals surface area contributed by atoms with Crippen LogP contribution in [0.25, 0.3) is 17.3 Å². The number of aromatic amines is 1. The summed E-state index contributed by atoms with van der Waals surface area (Å²) >= 11 is 0. The van der Waals surface area contributed by atoms with E-state index in [0.717, 1.165) is 17.9 Å². The molecule has 4 rings (SSSR count). The molecule has 0 fully saturated rings. The summed E-state index contributed by atoms with van der Waals surface area (Å²) in [5.41, 5.74) is 4.98. The summed E-state index contributed by atoms with van der Waals surface area (Å²) in [5.74, 6) is 1.48. The number of rotatable bonds is 3. The SMILES string of the molecule is CC(C)(c1ncc(-c2ccccc2)[nH]1)C1C=Cc2ccccc2C1. The zero-order chi connectivity index (χ0) is 16.6. The maximum Gasteiger partial charge on any atom is 0.112 e. The highest BCUT2D eigenvalue weighted by atomic mass is 14.9. The van der Waals surface area contributed by atoms with Gasteiger partial charge in [0.2, 0.25) is 0 Å². The fourth-order valence-corrected chi connectivity index (χ4v) is 3.49. The highest BCUT2D eigenvalue weighted by Gasteiger charge is 2.34. The summed E-state index contributed by atoms with van der Waals surface area (Å²) in [6, 6.07) is 19.0. The summed E-state index contributed by atoms with van der Waals surface area (Å²) in [7, 11) is 0. The van der Waals surface area contributed by atoms with Crippen LogP contribution in [0.2, 0.25) is 0 Å². The Labute approximate surface area is 143 Å². The van der Waals surface area contributed by atoms with E-state index in [1.165, 1.54) is 16.7 Å². The predicted octanol–water partition coefficient (Wildman–Crippen LogP) is 5.24. The van der Waals surface area contributed by atoms with Gasteiger partial charge in [-0.1, -0.05) is 80.6 Å². The number of H-pyrrole nitrogens is 1. The molecule has 0 radical (unpaired) electrons. The molecule has 1 unspecified atom stereocenters. The fraction of sp³-hybridized carbons (Fsp3) is 0.227. The number of hydrogen-bond acceptors (Lipinski definition) is 1. The number of nitrogens with one attached hydrogen (secondary N) is 1. The van der Waals surface area contributed by atoms with E-state index in [1.54, 1.807) is 0 Å². The van der Waals surface area contributed by atoms with Crippen molar-refractivity contribution in [3.8, 4) is 11.3 Å². The normalized spacial score (nSPS) is 16.8. The minimum absolute atomic E-state index is 0.0446. The molecule has 0 aliphatic heterocycles. The summed E-state index contributed by atoms with van der Waals surface area (Å²) < 4.78 is 0. The van der Waals surface area contributed by atoms with E-state index in [-0.39, 0.29) is 5.41 Å². The van der Waals surface area contributed by atoms with E-state index < -0.39 is 0 Å². The van der Waals surface area contributed by atoms with Gasteiger partial charge in [0.25, 0.3) is 0 Å². The van der Waals surface area contributed by atoms with Gasteiger partial charge in [-0.15, -0.1) is 0 Å². The Morgan fingerprint density at radius 3 is 2.58 bits per heavy atom. The van der Waals surface area contributed by atoms with Crippen LogP contribution in [0.1, 0.15) is 30.8 Å². The molecule has 24 heavy (non-hydrogen) atoms. The molecule has 2 nitrogen and oxygen atoms in total. The van der Waals surface area contributed by atoms with Crippen LogP contribution < -0.4 is 0 Å². The van der Waals surface area contributed by atoms with Crippen LogP contribution in [0.15, 0.2) is 66.9 Å². The molecule has 0 amide bonds. The van der Waals surface area contributed by atoms with E-state index in [1.807, 2.05) is 12.3 Å². The molecule has 1 atom stereocenters. The van der Waals surface area contributed by atoms with Crippen LogP contribution in [0.5, 0.6) is 0 Å². The van der Waals surface area contributed by atoms with Crippen molar-refractivity contribution in [2.24, 2.45) is 5.92 Å². The van der Waals surface area contributed by atoms with Gasteiger partial charge in [0.1, 0.15) is 5.82 Å². The standard InChI is InChI=1S/C22H22N2/c1-22(2,19-13-12-16-8-6-7-11-18(16)14-19)21-23-15-20(24-21)17-9-4-3-5-10-17/h3-13,15,19H,14H2,1-2H3,(H,23,24). The average Bonchev–Trinajstić information content (AvgIpc) is 3.13. The number of hydrogen-bond donors (Lipinski definition) is 1. The van der Waals surface area contributed by atoms with Crippen molar-refractivity contribution in [1.82, 2.24) is 9.97 Å². The van der Waals surface area contributed by atoms with Crippen LogP contribution in [-0.4, -0.2) is 9.97 Å². The summed E-state index contributed by atoms with van der Waals surface area (Å²) in [4.78, 5) is 8.25. The molecule has 120 valence electrons. The molecule has 0 bridgehead atoms. The number of aromatic nitrogens is 2. The maximum atomic E-state index is 4.71. The van der Waals surface area contributed by atoms with Gasteiger partial charge in [-0.05, 0) is 29.0 Å². The first-order chi connectivity index (χ1) is 11.6. The molecule has 1 N–H and O–H groups in total. The molecule has 0 saturated carbocycles. The Kier molecular flexibility index (Phi) is 3.61. The Morgan fingerprint density at radius 2 is 1.75 bits per heavy atom. The molecule has 1 aliphatic rings. The monoisotopic (exact) mass is 314 g/mol. The van der Waals surface area contributed by atoms with Gasteiger partial charge in [0.15, 0.2) is 0 Å². The topological polar surface area (TPSA) is 28.7 Å². The lowest BCUT2D eigenvalue weighted by Crippen LogP contribution is -2.31. The second-order valence-electron chi connectivity index (χ2n) is 7.10. The Hall–Kier alpha value is -2.61. The number of allylic oxidation sites excluding steroid dienone is 1. The van der Waals surface area contributed by atoms with Gasteiger partial charge in [-0.25, -0.2) is 4.98 Å². The summed E-state index contributed by atoms with van der Waals surface area (Å²) in [5, 5.41) is 0. The maximum absolute atomic E-state index is 4.71. The Bertz CT molecular complexity index is 872. The number of fused-ring (bicyclic) bond motifs is 1. The largest absolute Gasteiger partial charge is 0.342 e. The van der Waals surface area contributed by atoms with Crippen LogP contribution in [-0.2, 0) is 11.8 Å². The zero-order valence-electron chi connectivity index (χ0n) is 14.2. The van der Waals surface area contributed by atoms with E-state index in [0.29, 0.717) is 5.92 Å². The van der Waals surface area contributed by atoms with Crippen LogP contribution >= 0.6 is 0 Å². The first-order valence-electron chi connectivity index (χ1n) is 8.51. The molecule has 0 saturated heterocycles. The molecule has 0 spiro atoms. The Balaban J connectivity index is 1.63. The lowest BCUT2D eigenvalue weighted by atomic mass is 9.72. The molecule has 1 heterocycles. The van der Waals surface area contributed by atoms with Gasteiger partial charge in [-0.3, -0.25) is 0 Å². The van der Waals surface area contributed by atoms with Crippen LogP contribution in [0.4, 0.5) is 0 Å². The quantitative estimate of drug-likeness (QED) is 0.703. The lowest BCUT2D eigenvalue weighted by molar-refractivity contribution is 0.360. The average molecular weight is 314 g/mol. The van der Waals surface area contributed by atoms with E-state index in [2.05, 4.69) is 79.5 Å². The molecule has 1 aromatic heterocycles. The van der Waals surface area contributed by atoms with Gasteiger partial charge >= 0.3 is 0 Å². The van der Waals surface area contributed by atoms with E-state index in [4.69, 9.17) is 4.98 Å². The number of imidazole rings is 1. The van der Waals surface area contributed by atoms with E-state index >= 15 is 0 Å². The molecule has 2 aromatic carbocycles. The molecule has 1 aliphatic carbocycles. The summed E-state index contributed by atoms with van der Waals surface area (Å²) in [6.07, 6.45) is 7.60. The van der Waals surface area contributed by atoms with Crippen molar-refractivity contribution in [3.63, 3.8) is 0 Å². The lowest BCUT2D eigenvalue weighted by Gasteiger charge is -2.33. The minimum Gasteiger partial charge on any atom is -0.342 e. The second kappa shape index (κ2) is 5.79. The van der Waals surface area contributed by atoms with Crippen molar-refractivity contribution in [3.05, 3.63) is 83.8 Å². The van der Waals surface area contributed by atoms with Crippen LogP contribution in [0.3, 0.4) is 0 Å². The molecule has 3 aromatic rings. The fourth-order valence-electron chi connectivity index (χ4n) is 3.49. The first kappa shape index (κ1) is 14.9. The molecular weight excluding hydrogens is 292 g/mol. The highest BCUT2D eigenvalue weighted by molar-refractivity contribution is 5.59. The zero-order valence-corrected chi connectivity index (χ0v) is 14.2.